The molecule has 0 fully saturated rings. The SMILES string of the molecule is Cc1c(N)ccc2c1C[C@@H](C)N(CC(F)F)[C@@H]2c1ccc(Br)cn1. The van der Waals surface area contributed by atoms with E-state index in [0.717, 1.165) is 32.5 Å². The number of anilines is 1. The number of hydrogen-bond acceptors (Lipinski definition) is 3. The van der Waals surface area contributed by atoms with Gasteiger partial charge in [0.05, 0.1) is 18.3 Å². The molecule has 2 heterocycles. The van der Waals surface area contributed by atoms with Gasteiger partial charge in [0.15, 0.2) is 0 Å². The van der Waals surface area contributed by atoms with Gasteiger partial charge in [-0.25, -0.2) is 8.78 Å². The zero-order valence-electron chi connectivity index (χ0n) is 13.6. The number of halogens is 3. The average molecular weight is 396 g/mol. The third-order valence-corrected chi connectivity index (χ3v) is 5.22. The molecule has 2 atom stereocenters. The molecule has 3 nitrogen and oxygen atoms in total. The molecule has 128 valence electrons. The summed E-state index contributed by atoms with van der Waals surface area (Å²) in [7, 11) is 0. The Morgan fingerprint density at radius 3 is 2.71 bits per heavy atom. The number of nitrogen functional groups attached to an aromatic ring is 1. The molecule has 3 rings (SSSR count). The zero-order valence-corrected chi connectivity index (χ0v) is 15.2. The number of aromatic nitrogens is 1. The molecule has 0 saturated carbocycles. The standard InChI is InChI=1S/C18H20BrF2N3/c1-10-7-14-11(2)15(22)5-4-13(14)18(24(10)9-17(20)21)16-6-3-12(19)8-23-16/h3-6,8,10,17-18H,7,9,22H2,1-2H3/t10-,18+/m1/s1. The quantitative estimate of drug-likeness (QED) is 0.786. The normalized spacial score (nSPS) is 21.1. The Morgan fingerprint density at radius 1 is 1.33 bits per heavy atom. The van der Waals surface area contributed by atoms with E-state index in [4.69, 9.17) is 5.73 Å². The first-order valence-electron chi connectivity index (χ1n) is 7.91. The van der Waals surface area contributed by atoms with Crippen LogP contribution in [-0.4, -0.2) is 28.9 Å². The summed E-state index contributed by atoms with van der Waals surface area (Å²) in [6.07, 6.45) is 0.0344. The average Bonchev–Trinajstić information content (AvgIpc) is 2.53. The summed E-state index contributed by atoms with van der Waals surface area (Å²) in [5.41, 5.74) is 10.8. The van der Waals surface area contributed by atoms with Crippen molar-refractivity contribution >= 4 is 21.6 Å². The van der Waals surface area contributed by atoms with Gasteiger partial charge < -0.3 is 5.73 Å². The number of benzene rings is 1. The fraction of sp³-hybridized carbons (Fsp3) is 0.389. The molecule has 0 amide bonds. The van der Waals surface area contributed by atoms with Crippen LogP contribution in [0.25, 0.3) is 0 Å². The zero-order chi connectivity index (χ0) is 17.4. The molecule has 1 aromatic carbocycles. The van der Waals surface area contributed by atoms with Crippen molar-refractivity contribution in [1.29, 1.82) is 0 Å². The molecule has 2 aromatic rings. The lowest BCUT2D eigenvalue weighted by atomic mass is 9.84. The van der Waals surface area contributed by atoms with Crippen LogP contribution in [0.5, 0.6) is 0 Å². The highest BCUT2D eigenvalue weighted by molar-refractivity contribution is 9.10. The van der Waals surface area contributed by atoms with E-state index in [9.17, 15) is 8.78 Å². The highest BCUT2D eigenvalue weighted by atomic mass is 79.9. The smallest absolute Gasteiger partial charge is 0.251 e. The fourth-order valence-electron chi connectivity index (χ4n) is 3.49. The highest BCUT2D eigenvalue weighted by Crippen LogP contribution is 2.40. The molecule has 0 spiro atoms. The predicted molar refractivity (Wildman–Crippen MR) is 95.2 cm³/mol. The molecule has 0 radical (unpaired) electrons. The van der Waals surface area contributed by atoms with Gasteiger partial charge in [-0.15, -0.1) is 0 Å². The van der Waals surface area contributed by atoms with E-state index in [1.165, 1.54) is 0 Å². The molecule has 1 aromatic heterocycles. The molecule has 2 N–H and O–H groups in total. The Bertz CT molecular complexity index is 734. The van der Waals surface area contributed by atoms with Crippen molar-refractivity contribution in [3.05, 3.63) is 57.3 Å². The Kier molecular flexibility index (Phi) is 4.88. The van der Waals surface area contributed by atoms with E-state index in [1.807, 2.05) is 43.0 Å². The number of nitrogens with two attached hydrogens (primary N) is 1. The van der Waals surface area contributed by atoms with Crippen LogP contribution >= 0.6 is 15.9 Å². The molecule has 1 aliphatic rings. The molecule has 0 saturated heterocycles. The lowest BCUT2D eigenvalue weighted by Crippen LogP contribution is -2.45. The second-order valence-electron chi connectivity index (χ2n) is 6.29. The van der Waals surface area contributed by atoms with Crippen LogP contribution < -0.4 is 5.73 Å². The maximum atomic E-state index is 13.2. The van der Waals surface area contributed by atoms with E-state index in [-0.39, 0.29) is 18.6 Å². The Morgan fingerprint density at radius 2 is 2.08 bits per heavy atom. The van der Waals surface area contributed by atoms with Crippen molar-refractivity contribution in [2.45, 2.75) is 38.8 Å². The number of hydrogen-bond donors (Lipinski definition) is 1. The molecule has 24 heavy (non-hydrogen) atoms. The van der Waals surface area contributed by atoms with Crippen LogP contribution in [0.4, 0.5) is 14.5 Å². The third-order valence-electron chi connectivity index (χ3n) is 4.75. The van der Waals surface area contributed by atoms with Crippen LogP contribution in [-0.2, 0) is 6.42 Å². The molecule has 1 aliphatic heterocycles. The van der Waals surface area contributed by atoms with Crippen LogP contribution in [0, 0.1) is 6.92 Å². The lowest BCUT2D eigenvalue weighted by Gasteiger charge is -2.42. The highest BCUT2D eigenvalue weighted by Gasteiger charge is 2.36. The maximum Gasteiger partial charge on any atom is 0.251 e. The van der Waals surface area contributed by atoms with Gasteiger partial charge in [0, 0.05) is 22.4 Å². The van der Waals surface area contributed by atoms with E-state index in [1.54, 1.807) is 6.20 Å². The molecule has 0 aliphatic carbocycles. The molecule has 0 bridgehead atoms. The van der Waals surface area contributed by atoms with Gasteiger partial charge >= 0.3 is 0 Å². The molecular weight excluding hydrogens is 376 g/mol. The molecular formula is C18H20BrF2N3. The fourth-order valence-corrected chi connectivity index (χ4v) is 3.73. The largest absolute Gasteiger partial charge is 0.399 e. The summed E-state index contributed by atoms with van der Waals surface area (Å²) >= 11 is 3.38. The second-order valence-corrected chi connectivity index (χ2v) is 7.21. The summed E-state index contributed by atoms with van der Waals surface area (Å²) < 4.78 is 27.2. The second kappa shape index (κ2) is 6.76. The predicted octanol–water partition coefficient (Wildman–Crippen LogP) is 4.34. The van der Waals surface area contributed by atoms with Crippen molar-refractivity contribution < 1.29 is 8.78 Å². The minimum Gasteiger partial charge on any atom is -0.399 e. The third kappa shape index (κ3) is 3.17. The number of alkyl halides is 2. The van der Waals surface area contributed by atoms with E-state index in [2.05, 4.69) is 20.9 Å². The maximum absolute atomic E-state index is 13.2. The summed E-state index contributed by atoms with van der Waals surface area (Å²) in [6, 6.07) is 7.30. The van der Waals surface area contributed by atoms with Crippen molar-refractivity contribution in [3.8, 4) is 0 Å². The summed E-state index contributed by atoms with van der Waals surface area (Å²) in [6.45, 7) is 3.71. The summed E-state index contributed by atoms with van der Waals surface area (Å²) in [5.74, 6) is 0. The monoisotopic (exact) mass is 395 g/mol. The van der Waals surface area contributed by atoms with Crippen LogP contribution in [0.1, 0.15) is 35.3 Å². The summed E-state index contributed by atoms with van der Waals surface area (Å²) in [4.78, 5) is 6.33. The van der Waals surface area contributed by atoms with Gasteiger partial charge in [0.1, 0.15) is 0 Å². The Hall–Kier alpha value is -1.53. The van der Waals surface area contributed by atoms with E-state index in [0.29, 0.717) is 6.42 Å². The summed E-state index contributed by atoms with van der Waals surface area (Å²) in [5, 5.41) is 0. The van der Waals surface area contributed by atoms with Gasteiger partial charge in [-0.3, -0.25) is 9.88 Å². The van der Waals surface area contributed by atoms with Crippen LogP contribution in [0.15, 0.2) is 34.9 Å². The van der Waals surface area contributed by atoms with Gasteiger partial charge in [0.25, 0.3) is 6.43 Å². The number of nitrogens with zero attached hydrogens (tertiary/aromatic N) is 2. The van der Waals surface area contributed by atoms with Gasteiger partial charge in [-0.05, 0) is 71.1 Å². The van der Waals surface area contributed by atoms with Crippen molar-refractivity contribution in [1.82, 2.24) is 9.88 Å². The first kappa shape index (κ1) is 17.3. The van der Waals surface area contributed by atoms with Crippen molar-refractivity contribution in [2.24, 2.45) is 0 Å². The first-order chi connectivity index (χ1) is 11.4. The minimum atomic E-state index is -2.39. The topological polar surface area (TPSA) is 42.1 Å². The minimum absolute atomic E-state index is 0.0116. The van der Waals surface area contributed by atoms with Crippen LogP contribution in [0.2, 0.25) is 0 Å². The number of rotatable bonds is 3. The first-order valence-corrected chi connectivity index (χ1v) is 8.71. The molecule has 6 heteroatoms. The van der Waals surface area contributed by atoms with Crippen molar-refractivity contribution in [3.63, 3.8) is 0 Å². The number of pyridine rings is 1. The van der Waals surface area contributed by atoms with Gasteiger partial charge in [-0.1, -0.05) is 6.07 Å². The molecule has 0 unspecified atom stereocenters. The lowest BCUT2D eigenvalue weighted by molar-refractivity contribution is 0.0453. The van der Waals surface area contributed by atoms with E-state index < -0.39 is 6.43 Å². The van der Waals surface area contributed by atoms with E-state index >= 15 is 0 Å². The van der Waals surface area contributed by atoms with Crippen molar-refractivity contribution in [2.75, 3.05) is 12.3 Å². The van der Waals surface area contributed by atoms with Crippen LogP contribution in [0.3, 0.4) is 0 Å². The van der Waals surface area contributed by atoms with Gasteiger partial charge in [0.2, 0.25) is 0 Å². The number of fused-ring (bicyclic) bond motifs is 1. The van der Waals surface area contributed by atoms with Gasteiger partial charge in [-0.2, -0.15) is 0 Å². The Balaban J connectivity index is 2.15. The Labute approximate surface area is 149 Å².